The average Bonchev–Trinajstić information content (AvgIpc) is 2.34. The van der Waals surface area contributed by atoms with Crippen LogP contribution in [-0.4, -0.2) is 6.54 Å². The molecular formula is C15H21N. The highest BCUT2D eigenvalue weighted by molar-refractivity contribution is 5.31. The topological polar surface area (TPSA) is 12.0 Å². The molecule has 1 unspecified atom stereocenters. The van der Waals surface area contributed by atoms with E-state index in [0.29, 0.717) is 6.04 Å². The normalized spacial score (nSPS) is 11.7. The Bertz CT molecular complexity index is 371. The molecule has 86 valence electrons. The molecule has 0 aliphatic heterocycles. The lowest BCUT2D eigenvalue weighted by molar-refractivity contribution is 0.561. The van der Waals surface area contributed by atoms with Gasteiger partial charge in [0.15, 0.2) is 0 Å². The molecule has 1 aromatic carbocycles. The van der Waals surface area contributed by atoms with E-state index in [9.17, 15) is 0 Å². The molecule has 0 heterocycles. The average molecular weight is 215 g/mol. The molecule has 0 fully saturated rings. The van der Waals surface area contributed by atoms with Crippen LogP contribution in [0.2, 0.25) is 0 Å². The number of rotatable bonds is 5. The summed E-state index contributed by atoms with van der Waals surface area (Å²) in [6.07, 6.45) is 1.97. The molecular weight excluding hydrogens is 194 g/mol. The van der Waals surface area contributed by atoms with Crippen LogP contribution in [0, 0.1) is 11.8 Å². The van der Waals surface area contributed by atoms with Crippen molar-refractivity contribution in [2.45, 2.75) is 39.7 Å². The van der Waals surface area contributed by atoms with Crippen molar-refractivity contribution < 1.29 is 0 Å². The summed E-state index contributed by atoms with van der Waals surface area (Å²) in [5.41, 5.74) is 2.82. The fraction of sp³-hybridized carbons (Fsp3) is 0.467. The maximum Gasteiger partial charge on any atom is 0.0433 e. The van der Waals surface area contributed by atoms with Gasteiger partial charge in [-0.1, -0.05) is 38.1 Å². The Morgan fingerprint density at radius 3 is 2.62 bits per heavy atom. The lowest BCUT2D eigenvalue weighted by Gasteiger charge is -2.18. The van der Waals surface area contributed by atoms with Crippen molar-refractivity contribution >= 4 is 0 Å². The molecule has 1 atom stereocenters. The Balaban J connectivity index is 2.93. The number of hydrogen-bond acceptors (Lipinski definition) is 1. The van der Waals surface area contributed by atoms with Crippen molar-refractivity contribution in [1.82, 2.24) is 5.32 Å². The van der Waals surface area contributed by atoms with Crippen LogP contribution in [-0.2, 0) is 6.42 Å². The zero-order valence-electron chi connectivity index (χ0n) is 10.5. The first-order valence-electron chi connectivity index (χ1n) is 6.04. The summed E-state index contributed by atoms with van der Waals surface area (Å²) in [7, 11) is 0. The molecule has 0 saturated heterocycles. The maximum atomic E-state index is 3.51. The highest BCUT2D eigenvalue weighted by atomic mass is 14.9. The largest absolute Gasteiger partial charge is 0.309 e. The quantitative estimate of drug-likeness (QED) is 0.743. The van der Waals surface area contributed by atoms with E-state index in [1.165, 1.54) is 11.1 Å². The highest BCUT2D eigenvalue weighted by Crippen LogP contribution is 2.21. The number of hydrogen-bond donors (Lipinski definition) is 1. The second-order valence-corrected chi connectivity index (χ2v) is 3.79. The second-order valence-electron chi connectivity index (χ2n) is 3.79. The summed E-state index contributed by atoms with van der Waals surface area (Å²) in [5.74, 6) is 6.14. The number of nitrogens with one attached hydrogen (secondary N) is 1. The van der Waals surface area contributed by atoms with Crippen LogP contribution in [0.1, 0.15) is 44.4 Å². The van der Waals surface area contributed by atoms with Gasteiger partial charge in [-0.25, -0.2) is 0 Å². The minimum absolute atomic E-state index is 0.369. The van der Waals surface area contributed by atoms with Crippen molar-refractivity contribution in [1.29, 1.82) is 0 Å². The molecule has 0 aliphatic carbocycles. The highest BCUT2D eigenvalue weighted by Gasteiger charge is 2.11. The van der Waals surface area contributed by atoms with E-state index in [-0.39, 0.29) is 0 Å². The Labute approximate surface area is 99.3 Å². The van der Waals surface area contributed by atoms with E-state index in [1.54, 1.807) is 0 Å². The van der Waals surface area contributed by atoms with Crippen LogP contribution in [0.4, 0.5) is 0 Å². The van der Waals surface area contributed by atoms with Gasteiger partial charge >= 0.3 is 0 Å². The predicted molar refractivity (Wildman–Crippen MR) is 70.3 cm³/mol. The lowest BCUT2D eigenvalue weighted by Crippen LogP contribution is -2.21. The zero-order chi connectivity index (χ0) is 11.8. The third-order valence-electron chi connectivity index (χ3n) is 2.74. The van der Waals surface area contributed by atoms with E-state index >= 15 is 0 Å². The minimum atomic E-state index is 0.369. The van der Waals surface area contributed by atoms with E-state index in [2.05, 4.69) is 55.3 Å². The molecule has 0 amide bonds. The van der Waals surface area contributed by atoms with Gasteiger partial charge in [0, 0.05) is 12.5 Å². The Kier molecular flexibility index (Phi) is 5.67. The van der Waals surface area contributed by atoms with Crippen molar-refractivity contribution in [3.63, 3.8) is 0 Å². The summed E-state index contributed by atoms with van der Waals surface area (Å²) < 4.78 is 0. The van der Waals surface area contributed by atoms with Crippen LogP contribution in [0.3, 0.4) is 0 Å². The molecule has 1 nitrogen and oxygen atoms in total. The van der Waals surface area contributed by atoms with Crippen LogP contribution in [0.15, 0.2) is 24.3 Å². The lowest BCUT2D eigenvalue weighted by atomic mass is 9.96. The molecule has 0 spiro atoms. The first-order valence-corrected chi connectivity index (χ1v) is 6.04. The van der Waals surface area contributed by atoms with Crippen molar-refractivity contribution in [3.8, 4) is 11.8 Å². The first kappa shape index (κ1) is 12.8. The van der Waals surface area contributed by atoms with Crippen LogP contribution in [0.25, 0.3) is 0 Å². The van der Waals surface area contributed by atoms with Crippen LogP contribution in [0.5, 0.6) is 0 Å². The van der Waals surface area contributed by atoms with Gasteiger partial charge in [0.05, 0.1) is 0 Å². The molecule has 1 rings (SSSR count). The molecule has 16 heavy (non-hydrogen) atoms. The summed E-state index contributed by atoms with van der Waals surface area (Å²) in [6.45, 7) is 7.22. The molecule has 1 N–H and O–H groups in total. The molecule has 0 saturated carbocycles. The third-order valence-corrected chi connectivity index (χ3v) is 2.74. The summed E-state index contributed by atoms with van der Waals surface area (Å²) in [5, 5.41) is 3.51. The van der Waals surface area contributed by atoms with E-state index in [1.807, 2.05) is 6.92 Å². The first-order chi connectivity index (χ1) is 7.83. The van der Waals surface area contributed by atoms with Crippen molar-refractivity contribution in [2.24, 2.45) is 0 Å². The van der Waals surface area contributed by atoms with Gasteiger partial charge < -0.3 is 5.32 Å². The van der Waals surface area contributed by atoms with Gasteiger partial charge in [-0.2, -0.15) is 0 Å². The predicted octanol–water partition coefficient (Wildman–Crippen LogP) is 3.31. The minimum Gasteiger partial charge on any atom is -0.309 e. The van der Waals surface area contributed by atoms with Gasteiger partial charge in [0.25, 0.3) is 0 Å². The monoisotopic (exact) mass is 215 g/mol. The van der Waals surface area contributed by atoms with Gasteiger partial charge in [-0.15, -0.1) is 11.8 Å². The molecule has 0 aliphatic rings. The van der Waals surface area contributed by atoms with E-state index < -0.39 is 0 Å². The van der Waals surface area contributed by atoms with Gasteiger partial charge in [0.2, 0.25) is 0 Å². The molecule has 1 aromatic rings. The maximum absolute atomic E-state index is 3.51. The van der Waals surface area contributed by atoms with Crippen molar-refractivity contribution in [3.05, 3.63) is 35.4 Å². The molecule has 1 heteroatoms. The number of aryl methyl sites for hydroxylation is 1. The second kappa shape index (κ2) is 7.09. The van der Waals surface area contributed by atoms with E-state index in [4.69, 9.17) is 0 Å². The summed E-state index contributed by atoms with van der Waals surface area (Å²) >= 11 is 0. The van der Waals surface area contributed by atoms with Gasteiger partial charge in [0.1, 0.15) is 0 Å². The standard InChI is InChI=1S/C15H21N/c1-4-7-12-15(16-6-3)14-11-9-8-10-13(14)5-2/h8-11,15-16H,5-6,12H2,1-3H3. The van der Waals surface area contributed by atoms with Gasteiger partial charge in [-0.3, -0.25) is 0 Å². The Morgan fingerprint density at radius 1 is 1.25 bits per heavy atom. The smallest absolute Gasteiger partial charge is 0.0433 e. The van der Waals surface area contributed by atoms with E-state index in [0.717, 1.165) is 19.4 Å². The Morgan fingerprint density at radius 2 is 2.00 bits per heavy atom. The molecule has 0 aromatic heterocycles. The van der Waals surface area contributed by atoms with Crippen molar-refractivity contribution in [2.75, 3.05) is 6.54 Å². The molecule has 0 bridgehead atoms. The zero-order valence-corrected chi connectivity index (χ0v) is 10.5. The Hall–Kier alpha value is -1.26. The van der Waals surface area contributed by atoms with Crippen LogP contribution >= 0.6 is 0 Å². The van der Waals surface area contributed by atoms with Crippen LogP contribution < -0.4 is 5.32 Å². The SMILES string of the molecule is CC#CCC(NCC)c1ccccc1CC. The fourth-order valence-electron chi connectivity index (χ4n) is 1.94. The summed E-state index contributed by atoms with van der Waals surface area (Å²) in [4.78, 5) is 0. The number of benzene rings is 1. The summed E-state index contributed by atoms with van der Waals surface area (Å²) in [6, 6.07) is 9.01. The fourth-order valence-corrected chi connectivity index (χ4v) is 1.94. The molecule has 0 radical (unpaired) electrons. The van der Waals surface area contributed by atoms with Gasteiger partial charge in [-0.05, 0) is 31.0 Å². The third kappa shape index (κ3) is 3.40.